The highest BCUT2D eigenvalue weighted by atomic mass is 16.5. The number of aryl methyl sites for hydroxylation is 1. The predicted molar refractivity (Wildman–Crippen MR) is 150 cm³/mol. The number of aliphatic hydroxyl groups is 7. The molecule has 0 spiro atoms. The van der Waals surface area contributed by atoms with E-state index in [1.807, 2.05) is 36.4 Å². The molecular weight excluding hydrogens is 530 g/mol. The second-order valence-corrected chi connectivity index (χ2v) is 10.6. The summed E-state index contributed by atoms with van der Waals surface area (Å²) in [6.07, 6.45) is -9.11. The van der Waals surface area contributed by atoms with Crippen molar-refractivity contribution >= 4 is 21.8 Å². The average Bonchev–Trinajstić information content (AvgIpc) is 3.28. The smallest absolute Gasteiger partial charge is 0.147 e. The lowest BCUT2D eigenvalue weighted by atomic mass is 9.95. The highest BCUT2D eigenvalue weighted by molar-refractivity contribution is 6.08. The van der Waals surface area contributed by atoms with Crippen molar-refractivity contribution in [3.8, 4) is 23.7 Å². The summed E-state index contributed by atoms with van der Waals surface area (Å²) in [7, 11) is 0. The van der Waals surface area contributed by atoms with Gasteiger partial charge in [0.1, 0.15) is 42.7 Å². The number of hydrogen-bond acceptors (Lipinski definition) is 9. The molecule has 9 unspecified atom stereocenters. The Morgan fingerprint density at radius 2 is 1.34 bits per heavy atom. The Kier molecular flexibility index (Phi) is 8.97. The number of aliphatic hydroxyl groups excluding tert-OH is 7. The molecule has 1 aromatic heterocycles. The zero-order valence-electron chi connectivity index (χ0n) is 22.6. The van der Waals surface area contributed by atoms with Crippen LogP contribution in [0.5, 0.6) is 0 Å². The molecule has 2 aliphatic heterocycles. The van der Waals surface area contributed by atoms with Gasteiger partial charge in [0, 0.05) is 34.9 Å². The summed E-state index contributed by atoms with van der Waals surface area (Å²) >= 11 is 0. The van der Waals surface area contributed by atoms with Crippen molar-refractivity contribution in [3.63, 3.8) is 0 Å². The standard InChI is InChI=1S/C31H35NO9/c1-2-11-32-22-12-17(5-9-25-28(36)24(35)14-19(15-33)40-25)3-7-20(22)21-8-4-18(13-23(21)32)6-10-26-29(37)31(39)30(38)27(16-34)41-26/h3-4,7-8,12-13,19,24-31,33-39H,2,11,14-16H2,1H3. The number of rotatable bonds is 4. The van der Waals surface area contributed by atoms with Gasteiger partial charge in [-0.15, -0.1) is 0 Å². The minimum absolute atomic E-state index is 0.147. The van der Waals surface area contributed by atoms with E-state index >= 15 is 0 Å². The van der Waals surface area contributed by atoms with Gasteiger partial charge in [-0.05, 0) is 30.7 Å². The van der Waals surface area contributed by atoms with Crippen LogP contribution in [-0.4, -0.2) is 108 Å². The summed E-state index contributed by atoms with van der Waals surface area (Å²) in [6, 6.07) is 11.6. The normalized spacial score (nSPS) is 31.9. The quantitative estimate of drug-likeness (QED) is 0.209. The number of fused-ring (bicyclic) bond motifs is 3. The molecule has 9 atom stereocenters. The molecule has 3 aromatic rings. The monoisotopic (exact) mass is 565 g/mol. The fraction of sp³-hybridized carbons (Fsp3) is 0.484. The van der Waals surface area contributed by atoms with Crippen molar-refractivity contribution < 1.29 is 45.2 Å². The number of ether oxygens (including phenoxy) is 2. The highest BCUT2D eigenvalue weighted by Gasteiger charge is 2.42. The van der Waals surface area contributed by atoms with Crippen LogP contribution < -0.4 is 0 Å². The van der Waals surface area contributed by atoms with Crippen LogP contribution in [-0.2, 0) is 16.0 Å². The van der Waals surface area contributed by atoms with Gasteiger partial charge in [-0.1, -0.05) is 42.7 Å². The zero-order valence-corrected chi connectivity index (χ0v) is 22.6. The maximum Gasteiger partial charge on any atom is 0.147 e. The van der Waals surface area contributed by atoms with E-state index in [1.165, 1.54) is 0 Å². The van der Waals surface area contributed by atoms with Crippen LogP contribution in [0.25, 0.3) is 21.8 Å². The van der Waals surface area contributed by atoms with Gasteiger partial charge >= 0.3 is 0 Å². The van der Waals surface area contributed by atoms with E-state index < -0.39 is 61.5 Å². The average molecular weight is 566 g/mol. The SMILES string of the molecule is CCCn1c2cc(C#CC3OC(CO)CC(O)C3O)ccc2c2ccc(C#CC3OC(CO)C(O)C(O)C3O)cc21. The minimum atomic E-state index is -1.49. The lowest BCUT2D eigenvalue weighted by molar-refractivity contribution is -0.214. The molecule has 2 saturated heterocycles. The molecule has 2 fully saturated rings. The Morgan fingerprint density at radius 3 is 1.88 bits per heavy atom. The van der Waals surface area contributed by atoms with Gasteiger partial charge in [0.15, 0.2) is 0 Å². The van der Waals surface area contributed by atoms with Gasteiger partial charge in [-0.3, -0.25) is 0 Å². The molecule has 0 aliphatic carbocycles. The van der Waals surface area contributed by atoms with E-state index in [1.54, 1.807) is 0 Å². The van der Waals surface area contributed by atoms with E-state index in [-0.39, 0.29) is 13.0 Å². The maximum atomic E-state index is 10.3. The van der Waals surface area contributed by atoms with Crippen molar-refractivity contribution in [1.29, 1.82) is 0 Å². The molecule has 10 heteroatoms. The highest BCUT2D eigenvalue weighted by Crippen LogP contribution is 2.31. The molecule has 10 nitrogen and oxygen atoms in total. The minimum Gasteiger partial charge on any atom is -0.394 e. The molecule has 41 heavy (non-hydrogen) atoms. The van der Waals surface area contributed by atoms with E-state index in [4.69, 9.17) is 9.47 Å². The summed E-state index contributed by atoms with van der Waals surface area (Å²) in [5.41, 5.74) is 3.28. The Bertz CT molecular complexity index is 1510. The predicted octanol–water partition coefficient (Wildman–Crippen LogP) is -0.379. The Labute approximate surface area is 237 Å². The first-order valence-corrected chi connectivity index (χ1v) is 13.8. The summed E-state index contributed by atoms with van der Waals surface area (Å²) in [6.45, 7) is 2.03. The number of benzene rings is 2. The number of nitrogens with zero attached hydrogens (tertiary/aromatic N) is 1. The lowest BCUT2D eigenvalue weighted by Crippen LogP contribution is -2.58. The van der Waals surface area contributed by atoms with Crippen molar-refractivity contribution in [2.75, 3.05) is 13.2 Å². The summed E-state index contributed by atoms with van der Waals surface area (Å²) < 4.78 is 13.3. The van der Waals surface area contributed by atoms with E-state index in [9.17, 15) is 35.7 Å². The van der Waals surface area contributed by atoms with Crippen LogP contribution in [0.1, 0.15) is 30.9 Å². The van der Waals surface area contributed by atoms with Gasteiger partial charge in [0.25, 0.3) is 0 Å². The molecule has 7 N–H and O–H groups in total. The lowest BCUT2D eigenvalue weighted by Gasteiger charge is -2.37. The third kappa shape index (κ3) is 5.85. The molecule has 0 saturated carbocycles. The molecule has 0 bridgehead atoms. The molecule has 3 heterocycles. The molecule has 218 valence electrons. The van der Waals surface area contributed by atoms with E-state index in [0.717, 1.165) is 34.8 Å². The van der Waals surface area contributed by atoms with Crippen LogP contribution in [0.2, 0.25) is 0 Å². The maximum absolute atomic E-state index is 10.3. The Balaban J connectivity index is 1.47. The van der Waals surface area contributed by atoms with Crippen molar-refractivity contribution in [2.24, 2.45) is 0 Å². The Hall–Kier alpha value is -3.00. The third-order valence-corrected chi connectivity index (χ3v) is 7.68. The van der Waals surface area contributed by atoms with Gasteiger partial charge in [0.2, 0.25) is 0 Å². The van der Waals surface area contributed by atoms with Crippen molar-refractivity contribution in [1.82, 2.24) is 4.57 Å². The fourth-order valence-corrected chi connectivity index (χ4v) is 5.44. The summed E-state index contributed by atoms with van der Waals surface area (Å²) in [4.78, 5) is 0. The molecule has 0 radical (unpaired) electrons. The molecule has 5 rings (SSSR count). The summed E-state index contributed by atoms with van der Waals surface area (Å²) in [5.74, 6) is 11.8. The molecule has 0 amide bonds. The number of hydrogen-bond donors (Lipinski definition) is 7. The first kappa shape index (κ1) is 29.5. The molecule has 2 aliphatic rings. The largest absolute Gasteiger partial charge is 0.394 e. The second kappa shape index (κ2) is 12.5. The first-order chi connectivity index (χ1) is 19.7. The summed E-state index contributed by atoms with van der Waals surface area (Å²) in [5, 5.41) is 71.6. The third-order valence-electron chi connectivity index (χ3n) is 7.68. The molecule has 2 aromatic carbocycles. The van der Waals surface area contributed by atoms with Gasteiger partial charge in [-0.25, -0.2) is 0 Å². The number of aromatic nitrogens is 1. The fourth-order valence-electron chi connectivity index (χ4n) is 5.44. The first-order valence-electron chi connectivity index (χ1n) is 13.8. The van der Waals surface area contributed by atoms with Gasteiger partial charge in [-0.2, -0.15) is 0 Å². The van der Waals surface area contributed by atoms with Crippen LogP contribution in [0.4, 0.5) is 0 Å². The van der Waals surface area contributed by atoms with E-state index in [0.29, 0.717) is 11.1 Å². The van der Waals surface area contributed by atoms with Crippen LogP contribution in [0, 0.1) is 23.7 Å². The van der Waals surface area contributed by atoms with Crippen LogP contribution in [0.15, 0.2) is 36.4 Å². The second-order valence-electron chi connectivity index (χ2n) is 10.6. The van der Waals surface area contributed by atoms with Crippen LogP contribution in [0.3, 0.4) is 0 Å². The molecular formula is C31H35NO9. The van der Waals surface area contributed by atoms with Crippen molar-refractivity contribution in [2.45, 2.75) is 81.2 Å². The van der Waals surface area contributed by atoms with Crippen molar-refractivity contribution in [3.05, 3.63) is 47.5 Å². The van der Waals surface area contributed by atoms with E-state index in [2.05, 4.69) is 35.2 Å². The zero-order chi connectivity index (χ0) is 29.3. The topological polar surface area (TPSA) is 165 Å². The van der Waals surface area contributed by atoms with Crippen LogP contribution >= 0.6 is 0 Å². The van der Waals surface area contributed by atoms with Gasteiger partial charge in [0.05, 0.1) is 36.5 Å². The Morgan fingerprint density at radius 1 is 0.756 bits per heavy atom. The van der Waals surface area contributed by atoms with Gasteiger partial charge < -0.3 is 49.8 Å².